The normalized spacial score (nSPS) is 22.4. The molecule has 0 aromatic carbocycles. The first-order valence-corrected chi connectivity index (χ1v) is 4.81. The van der Waals surface area contributed by atoms with Crippen LogP contribution in [0, 0.1) is 0 Å². The van der Waals surface area contributed by atoms with Crippen LogP contribution >= 0.6 is 0 Å². The lowest BCUT2D eigenvalue weighted by Gasteiger charge is -2.22. The van der Waals surface area contributed by atoms with E-state index in [0.29, 0.717) is 19.2 Å². The minimum absolute atomic E-state index is 0.215. The molecular weight excluding hydrogens is 182 g/mol. The number of nitrogens with two attached hydrogens (primary N) is 1. The number of ether oxygens (including phenoxy) is 2. The van der Waals surface area contributed by atoms with Gasteiger partial charge in [0.2, 0.25) is 0 Å². The minimum Gasteiger partial charge on any atom is -0.382 e. The van der Waals surface area contributed by atoms with E-state index in [-0.39, 0.29) is 6.10 Å². The zero-order chi connectivity index (χ0) is 9.80. The van der Waals surface area contributed by atoms with Crippen molar-refractivity contribution in [2.24, 2.45) is 0 Å². The van der Waals surface area contributed by atoms with Crippen molar-refractivity contribution in [3.63, 3.8) is 0 Å². The van der Waals surface area contributed by atoms with Crippen LogP contribution in [-0.4, -0.2) is 28.9 Å². The average Bonchev–Trinajstić information content (AvgIpc) is 2.63. The standard InChI is InChI=1S/C9H15N3O2/c10-9-4-12(6-11-9)7-14-8-2-1-3-13-5-8/h4,6,8H,1-3,5,7,10H2. The van der Waals surface area contributed by atoms with E-state index < -0.39 is 0 Å². The third-order valence-electron chi connectivity index (χ3n) is 2.23. The van der Waals surface area contributed by atoms with Gasteiger partial charge in [-0.05, 0) is 12.8 Å². The summed E-state index contributed by atoms with van der Waals surface area (Å²) in [6.07, 6.45) is 5.79. The van der Waals surface area contributed by atoms with Crippen LogP contribution < -0.4 is 5.73 Å². The van der Waals surface area contributed by atoms with Gasteiger partial charge in [-0.2, -0.15) is 0 Å². The molecule has 1 aliphatic rings. The molecule has 2 rings (SSSR count). The van der Waals surface area contributed by atoms with Gasteiger partial charge in [-0.25, -0.2) is 4.98 Å². The smallest absolute Gasteiger partial charge is 0.141 e. The highest BCUT2D eigenvalue weighted by atomic mass is 16.5. The highest BCUT2D eigenvalue weighted by Gasteiger charge is 2.13. The van der Waals surface area contributed by atoms with Crippen molar-refractivity contribution < 1.29 is 9.47 Å². The molecule has 1 aliphatic heterocycles. The summed E-state index contributed by atoms with van der Waals surface area (Å²) in [4.78, 5) is 3.91. The van der Waals surface area contributed by atoms with Gasteiger partial charge in [0, 0.05) is 12.8 Å². The summed E-state index contributed by atoms with van der Waals surface area (Å²) in [6.45, 7) is 2.06. The van der Waals surface area contributed by atoms with Crippen LogP contribution in [0.3, 0.4) is 0 Å². The Labute approximate surface area is 82.8 Å². The zero-order valence-electron chi connectivity index (χ0n) is 8.06. The van der Waals surface area contributed by atoms with Crippen molar-refractivity contribution in [3.8, 4) is 0 Å². The number of hydrogen-bond acceptors (Lipinski definition) is 4. The first-order chi connectivity index (χ1) is 6.84. The summed E-state index contributed by atoms with van der Waals surface area (Å²) in [7, 11) is 0. The van der Waals surface area contributed by atoms with Crippen LogP contribution in [0.2, 0.25) is 0 Å². The predicted octanol–water partition coefficient (Wildman–Crippen LogP) is 0.618. The van der Waals surface area contributed by atoms with E-state index in [2.05, 4.69) is 4.98 Å². The Hall–Kier alpha value is -1.07. The lowest BCUT2D eigenvalue weighted by molar-refractivity contribution is -0.0732. The van der Waals surface area contributed by atoms with Gasteiger partial charge in [0.15, 0.2) is 0 Å². The van der Waals surface area contributed by atoms with E-state index in [1.54, 1.807) is 12.5 Å². The summed E-state index contributed by atoms with van der Waals surface area (Å²) >= 11 is 0. The zero-order valence-corrected chi connectivity index (χ0v) is 8.06. The fraction of sp³-hybridized carbons (Fsp3) is 0.667. The van der Waals surface area contributed by atoms with Gasteiger partial charge in [-0.3, -0.25) is 0 Å². The second-order valence-corrected chi connectivity index (χ2v) is 3.45. The van der Waals surface area contributed by atoms with Crippen LogP contribution in [0.15, 0.2) is 12.5 Å². The molecular formula is C9H15N3O2. The molecule has 0 bridgehead atoms. The molecule has 5 nitrogen and oxygen atoms in total. The number of aromatic nitrogens is 2. The maximum absolute atomic E-state index is 5.62. The van der Waals surface area contributed by atoms with Crippen LogP contribution in [0.1, 0.15) is 12.8 Å². The van der Waals surface area contributed by atoms with Crippen molar-refractivity contribution in [2.75, 3.05) is 18.9 Å². The van der Waals surface area contributed by atoms with Crippen molar-refractivity contribution in [1.29, 1.82) is 0 Å². The molecule has 1 aromatic heterocycles. The Morgan fingerprint density at radius 2 is 2.64 bits per heavy atom. The SMILES string of the molecule is Nc1cn(COC2CCCOC2)cn1. The fourth-order valence-electron chi connectivity index (χ4n) is 1.48. The molecule has 0 spiro atoms. The molecule has 1 atom stereocenters. The molecule has 1 unspecified atom stereocenters. The third-order valence-corrected chi connectivity index (χ3v) is 2.23. The third kappa shape index (κ3) is 2.46. The van der Waals surface area contributed by atoms with Gasteiger partial charge in [0.25, 0.3) is 0 Å². The fourth-order valence-corrected chi connectivity index (χ4v) is 1.48. The summed E-state index contributed by atoms with van der Waals surface area (Å²) < 4.78 is 12.7. The van der Waals surface area contributed by atoms with E-state index in [9.17, 15) is 0 Å². The maximum atomic E-state index is 5.62. The van der Waals surface area contributed by atoms with E-state index >= 15 is 0 Å². The van der Waals surface area contributed by atoms with Crippen LogP contribution in [0.25, 0.3) is 0 Å². The lowest BCUT2D eigenvalue weighted by atomic mass is 10.2. The van der Waals surface area contributed by atoms with Crippen molar-refractivity contribution in [1.82, 2.24) is 9.55 Å². The second-order valence-electron chi connectivity index (χ2n) is 3.45. The number of imidazole rings is 1. The van der Waals surface area contributed by atoms with Gasteiger partial charge in [-0.1, -0.05) is 0 Å². The average molecular weight is 197 g/mol. The van der Waals surface area contributed by atoms with Gasteiger partial charge < -0.3 is 19.8 Å². The molecule has 2 N–H and O–H groups in total. The Bertz CT molecular complexity index is 281. The Morgan fingerprint density at radius 1 is 1.71 bits per heavy atom. The summed E-state index contributed by atoms with van der Waals surface area (Å²) in [6, 6.07) is 0. The maximum Gasteiger partial charge on any atom is 0.141 e. The first kappa shape index (κ1) is 9.48. The predicted molar refractivity (Wildman–Crippen MR) is 51.6 cm³/mol. The first-order valence-electron chi connectivity index (χ1n) is 4.81. The quantitative estimate of drug-likeness (QED) is 0.771. The minimum atomic E-state index is 0.215. The monoisotopic (exact) mass is 197 g/mol. The van der Waals surface area contributed by atoms with Crippen LogP contribution in [0.5, 0.6) is 0 Å². The van der Waals surface area contributed by atoms with Gasteiger partial charge in [-0.15, -0.1) is 0 Å². The molecule has 5 heteroatoms. The molecule has 14 heavy (non-hydrogen) atoms. The highest BCUT2D eigenvalue weighted by molar-refractivity contribution is 5.22. The van der Waals surface area contributed by atoms with Gasteiger partial charge in [0.05, 0.1) is 19.0 Å². The van der Waals surface area contributed by atoms with Gasteiger partial charge in [0.1, 0.15) is 12.5 Å². The topological polar surface area (TPSA) is 62.3 Å². The number of nitrogen functional groups attached to an aromatic ring is 1. The summed E-state index contributed by atoms with van der Waals surface area (Å²) in [5.41, 5.74) is 5.48. The molecule has 1 saturated heterocycles. The molecule has 1 aromatic rings. The molecule has 78 valence electrons. The highest BCUT2D eigenvalue weighted by Crippen LogP contribution is 2.10. The molecule has 1 fully saturated rings. The molecule has 0 aliphatic carbocycles. The van der Waals surface area contributed by atoms with Crippen LogP contribution in [0.4, 0.5) is 5.82 Å². The van der Waals surface area contributed by atoms with Gasteiger partial charge >= 0.3 is 0 Å². The van der Waals surface area contributed by atoms with E-state index in [1.165, 1.54) is 0 Å². The second kappa shape index (κ2) is 4.43. The number of hydrogen-bond donors (Lipinski definition) is 1. The molecule has 0 amide bonds. The lowest BCUT2D eigenvalue weighted by Crippen LogP contribution is -2.26. The van der Waals surface area contributed by atoms with E-state index in [1.807, 2.05) is 4.57 Å². The number of rotatable bonds is 3. The van der Waals surface area contributed by atoms with Crippen molar-refractivity contribution in [2.45, 2.75) is 25.7 Å². The summed E-state index contributed by atoms with van der Waals surface area (Å²) in [5.74, 6) is 0.522. The molecule has 0 saturated carbocycles. The van der Waals surface area contributed by atoms with E-state index in [0.717, 1.165) is 19.4 Å². The summed E-state index contributed by atoms with van der Waals surface area (Å²) in [5, 5.41) is 0. The van der Waals surface area contributed by atoms with E-state index in [4.69, 9.17) is 15.2 Å². The molecule has 2 heterocycles. The Kier molecular flexibility index (Phi) is 3.00. The molecule has 0 radical (unpaired) electrons. The van der Waals surface area contributed by atoms with Crippen molar-refractivity contribution >= 4 is 5.82 Å². The number of nitrogens with zero attached hydrogens (tertiary/aromatic N) is 2. The van der Waals surface area contributed by atoms with Crippen molar-refractivity contribution in [3.05, 3.63) is 12.5 Å². The van der Waals surface area contributed by atoms with Crippen LogP contribution in [-0.2, 0) is 16.2 Å². The number of anilines is 1. The Morgan fingerprint density at radius 3 is 3.29 bits per heavy atom. The Balaban J connectivity index is 1.76. The largest absolute Gasteiger partial charge is 0.382 e.